The Kier molecular flexibility index (Phi) is 3.89. The summed E-state index contributed by atoms with van der Waals surface area (Å²) in [5.41, 5.74) is 2.73. The fourth-order valence-electron chi connectivity index (χ4n) is 1.02. The van der Waals surface area contributed by atoms with Gasteiger partial charge >= 0.3 is 5.69 Å². The van der Waals surface area contributed by atoms with E-state index in [1.807, 2.05) is 0 Å². The lowest BCUT2D eigenvalue weighted by Crippen LogP contribution is -2.13. The van der Waals surface area contributed by atoms with E-state index >= 15 is 0 Å². The Morgan fingerprint density at radius 1 is 1.47 bits per heavy atom. The molecule has 5 nitrogen and oxygen atoms in total. The zero-order chi connectivity index (χ0) is 13.2. The Morgan fingerprint density at radius 3 is 2.53 bits per heavy atom. The molecule has 0 amide bonds. The molecule has 17 heavy (non-hydrogen) atoms. The first-order valence-corrected chi connectivity index (χ1v) is 4.62. The van der Waals surface area contributed by atoms with Gasteiger partial charge in [0, 0.05) is 6.07 Å². The number of nitro benzene ring substituents is 1. The SMILES string of the molecule is NC(CCl)=Nc1c(F)cc(F)c(F)c1[N+](=O)[O-]. The molecule has 0 fully saturated rings. The van der Waals surface area contributed by atoms with Crippen molar-refractivity contribution >= 4 is 28.8 Å². The van der Waals surface area contributed by atoms with Crippen LogP contribution in [0.5, 0.6) is 0 Å². The normalized spacial score (nSPS) is 11.6. The Hall–Kier alpha value is -1.83. The van der Waals surface area contributed by atoms with E-state index in [0.717, 1.165) is 0 Å². The third-order valence-corrected chi connectivity index (χ3v) is 1.97. The molecule has 0 bridgehead atoms. The molecule has 1 aromatic carbocycles. The molecule has 1 rings (SSSR count). The molecular weight excluding hydrogens is 263 g/mol. The van der Waals surface area contributed by atoms with E-state index in [9.17, 15) is 23.3 Å². The minimum atomic E-state index is -1.81. The number of aliphatic imine (C=N–C) groups is 1. The van der Waals surface area contributed by atoms with Crippen molar-refractivity contribution in [3.63, 3.8) is 0 Å². The monoisotopic (exact) mass is 267 g/mol. The predicted molar refractivity (Wildman–Crippen MR) is 55.0 cm³/mol. The molecule has 0 heterocycles. The number of nitrogens with two attached hydrogens (primary N) is 1. The standard InChI is InChI=1S/C8H5ClF3N3O2/c9-2-5(13)14-7-4(11)1-3(10)6(12)8(7)15(16)17/h1H,2H2,(H2,13,14). The van der Waals surface area contributed by atoms with Gasteiger partial charge in [-0.15, -0.1) is 11.6 Å². The number of nitro groups is 1. The maximum Gasteiger partial charge on any atom is 0.336 e. The summed E-state index contributed by atoms with van der Waals surface area (Å²) in [5, 5.41) is 10.5. The molecule has 92 valence electrons. The van der Waals surface area contributed by atoms with Gasteiger partial charge in [0.25, 0.3) is 0 Å². The molecule has 0 unspecified atom stereocenters. The van der Waals surface area contributed by atoms with Gasteiger partial charge in [0.15, 0.2) is 17.3 Å². The lowest BCUT2D eigenvalue weighted by Gasteiger charge is -2.02. The molecule has 9 heteroatoms. The Labute approximate surface area is 97.8 Å². The Bertz CT molecular complexity index is 507. The van der Waals surface area contributed by atoms with Crippen LogP contribution in [0.15, 0.2) is 11.1 Å². The van der Waals surface area contributed by atoms with Crippen molar-refractivity contribution in [2.24, 2.45) is 10.7 Å². The first-order chi connectivity index (χ1) is 7.88. The maximum atomic E-state index is 13.2. The van der Waals surface area contributed by atoms with Crippen molar-refractivity contribution < 1.29 is 18.1 Å². The number of hydrogen-bond donors (Lipinski definition) is 1. The second kappa shape index (κ2) is 5.00. The summed E-state index contributed by atoms with van der Waals surface area (Å²) in [4.78, 5) is 12.5. The minimum Gasteiger partial charge on any atom is -0.386 e. The van der Waals surface area contributed by atoms with Crippen molar-refractivity contribution in [1.29, 1.82) is 0 Å². The van der Waals surface area contributed by atoms with Gasteiger partial charge < -0.3 is 5.73 Å². The first-order valence-electron chi connectivity index (χ1n) is 4.09. The molecule has 0 spiro atoms. The third kappa shape index (κ3) is 2.64. The average Bonchev–Trinajstić information content (AvgIpc) is 2.25. The quantitative estimate of drug-likeness (QED) is 0.228. The maximum absolute atomic E-state index is 13.2. The molecule has 0 aliphatic rings. The van der Waals surface area contributed by atoms with Gasteiger partial charge in [0.1, 0.15) is 5.84 Å². The zero-order valence-electron chi connectivity index (χ0n) is 8.08. The summed E-state index contributed by atoms with van der Waals surface area (Å²) in [7, 11) is 0. The van der Waals surface area contributed by atoms with E-state index in [2.05, 4.69) is 4.99 Å². The van der Waals surface area contributed by atoms with E-state index in [0.29, 0.717) is 0 Å². The van der Waals surface area contributed by atoms with Gasteiger partial charge in [-0.05, 0) is 0 Å². The molecule has 0 atom stereocenters. The van der Waals surface area contributed by atoms with Crippen LogP contribution in [0.2, 0.25) is 0 Å². The van der Waals surface area contributed by atoms with E-state index < -0.39 is 33.7 Å². The summed E-state index contributed by atoms with van der Waals surface area (Å²) >= 11 is 5.24. The van der Waals surface area contributed by atoms with Crippen molar-refractivity contribution in [2.45, 2.75) is 0 Å². The molecule has 0 radical (unpaired) electrons. The fraction of sp³-hybridized carbons (Fsp3) is 0.125. The van der Waals surface area contributed by atoms with Crippen LogP contribution in [-0.2, 0) is 0 Å². The van der Waals surface area contributed by atoms with Gasteiger partial charge in [-0.1, -0.05) is 0 Å². The van der Waals surface area contributed by atoms with Gasteiger partial charge in [-0.3, -0.25) is 10.1 Å². The number of amidine groups is 1. The van der Waals surface area contributed by atoms with Crippen LogP contribution in [0.3, 0.4) is 0 Å². The van der Waals surface area contributed by atoms with Gasteiger partial charge in [0.05, 0.1) is 10.8 Å². The van der Waals surface area contributed by atoms with Crippen LogP contribution < -0.4 is 5.73 Å². The average molecular weight is 268 g/mol. The molecule has 0 saturated carbocycles. The highest BCUT2D eigenvalue weighted by atomic mass is 35.5. The molecule has 2 N–H and O–H groups in total. The Morgan fingerprint density at radius 2 is 2.06 bits per heavy atom. The topological polar surface area (TPSA) is 81.5 Å². The molecule has 1 aromatic rings. The van der Waals surface area contributed by atoms with E-state index in [4.69, 9.17) is 17.3 Å². The predicted octanol–water partition coefficient (Wildman–Crippen LogP) is 2.24. The van der Waals surface area contributed by atoms with Crippen LogP contribution >= 0.6 is 11.6 Å². The smallest absolute Gasteiger partial charge is 0.336 e. The van der Waals surface area contributed by atoms with Crippen molar-refractivity contribution in [3.05, 3.63) is 33.6 Å². The van der Waals surface area contributed by atoms with E-state index in [1.54, 1.807) is 0 Å². The molecule has 0 aliphatic carbocycles. The second-order valence-corrected chi connectivity index (χ2v) is 3.11. The number of alkyl halides is 1. The number of benzene rings is 1. The molecule has 0 saturated heterocycles. The highest BCUT2D eigenvalue weighted by Gasteiger charge is 2.28. The number of nitrogens with zero attached hydrogens (tertiary/aromatic N) is 2. The molecule has 0 aromatic heterocycles. The van der Waals surface area contributed by atoms with Gasteiger partial charge in [-0.25, -0.2) is 13.8 Å². The van der Waals surface area contributed by atoms with Gasteiger partial charge in [-0.2, -0.15) is 4.39 Å². The third-order valence-electron chi connectivity index (χ3n) is 1.70. The highest BCUT2D eigenvalue weighted by molar-refractivity contribution is 6.28. The van der Waals surface area contributed by atoms with Crippen LogP contribution in [0.4, 0.5) is 24.5 Å². The number of halogens is 4. The van der Waals surface area contributed by atoms with Crippen molar-refractivity contribution in [1.82, 2.24) is 0 Å². The largest absolute Gasteiger partial charge is 0.386 e. The number of hydrogen-bond acceptors (Lipinski definition) is 3. The first kappa shape index (κ1) is 13.2. The fourth-order valence-corrected chi connectivity index (χ4v) is 1.08. The lowest BCUT2D eigenvalue weighted by atomic mass is 10.2. The van der Waals surface area contributed by atoms with Crippen LogP contribution in [0.1, 0.15) is 0 Å². The highest BCUT2D eigenvalue weighted by Crippen LogP contribution is 2.34. The number of rotatable bonds is 3. The van der Waals surface area contributed by atoms with Crippen LogP contribution in [0.25, 0.3) is 0 Å². The summed E-state index contributed by atoms with van der Waals surface area (Å²) < 4.78 is 39.1. The van der Waals surface area contributed by atoms with E-state index in [-0.39, 0.29) is 17.8 Å². The molecule has 0 aliphatic heterocycles. The Balaban J connectivity index is 3.58. The second-order valence-electron chi connectivity index (χ2n) is 2.85. The van der Waals surface area contributed by atoms with Gasteiger partial charge in [0.2, 0.25) is 5.82 Å². The van der Waals surface area contributed by atoms with Crippen LogP contribution in [0, 0.1) is 27.6 Å². The van der Waals surface area contributed by atoms with Crippen LogP contribution in [-0.4, -0.2) is 16.6 Å². The molecular formula is C8H5ClF3N3O2. The minimum absolute atomic E-state index is 0.142. The summed E-state index contributed by atoms with van der Waals surface area (Å²) in [5.74, 6) is -5.59. The summed E-state index contributed by atoms with van der Waals surface area (Å²) in [6, 6.07) is 0.142. The van der Waals surface area contributed by atoms with Crippen molar-refractivity contribution in [3.8, 4) is 0 Å². The zero-order valence-corrected chi connectivity index (χ0v) is 8.84. The summed E-state index contributed by atoms with van der Waals surface area (Å²) in [6.45, 7) is 0. The van der Waals surface area contributed by atoms with Crippen molar-refractivity contribution in [2.75, 3.05) is 5.88 Å². The lowest BCUT2D eigenvalue weighted by molar-refractivity contribution is -0.387. The van der Waals surface area contributed by atoms with E-state index in [1.165, 1.54) is 0 Å². The summed E-state index contributed by atoms with van der Waals surface area (Å²) in [6.07, 6.45) is 0.